The molecule has 2 unspecified atom stereocenters. The number of hydrogen-bond acceptors (Lipinski definition) is 5. The van der Waals surface area contributed by atoms with Gasteiger partial charge < -0.3 is 14.5 Å². The predicted molar refractivity (Wildman–Crippen MR) is 108 cm³/mol. The van der Waals surface area contributed by atoms with E-state index in [1.165, 1.54) is 5.01 Å². The fraction of sp³-hybridized carbons (Fsp3) is 0.381. The number of hydrogen-bond donors (Lipinski definition) is 2. The van der Waals surface area contributed by atoms with Gasteiger partial charge in [-0.25, -0.2) is 25.0 Å². The van der Waals surface area contributed by atoms with Gasteiger partial charge in [0.25, 0.3) is 0 Å². The van der Waals surface area contributed by atoms with E-state index in [0.717, 1.165) is 22.6 Å². The SMILES string of the molecule is CCOC(=O)NN(C(=O)OCC)C1CC=CC1c1ccccc1-c1ncc(C)[nH]1. The summed E-state index contributed by atoms with van der Waals surface area (Å²) in [7, 11) is 0. The highest BCUT2D eigenvalue weighted by molar-refractivity contribution is 5.75. The topological polar surface area (TPSA) is 96.6 Å². The minimum atomic E-state index is -0.693. The number of imidazole rings is 1. The average molecular weight is 398 g/mol. The number of H-pyrrole nitrogens is 1. The molecule has 2 aromatic rings. The molecule has 1 aromatic heterocycles. The Balaban J connectivity index is 1.94. The summed E-state index contributed by atoms with van der Waals surface area (Å²) in [5, 5.41) is 1.23. The Labute approximate surface area is 169 Å². The number of benzene rings is 1. The third kappa shape index (κ3) is 4.59. The lowest BCUT2D eigenvalue weighted by molar-refractivity contribution is 0.0541. The van der Waals surface area contributed by atoms with E-state index < -0.39 is 12.2 Å². The zero-order valence-corrected chi connectivity index (χ0v) is 16.8. The number of carbonyl (C=O) groups is 2. The van der Waals surface area contributed by atoms with Gasteiger partial charge in [-0.1, -0.05) is 36.4 Å². The largest absolute Gasteiger partial charge is 0.449 e. The van der Waals surface area contributed by atoms with E-state index in [9.17, 15) is 9.59 Å². The number of amides is 2. The van der Waals surface area contributed by atoms with Crippen LogP contribution in [-0.2, 0) is 9.47 Å². The number of aromatic nitrogens is 2. The van der Waals surface area contributed by atoms with Crippen LogP contribution >= 0.6 is 0 Å². The van der Waals surface area contributed by atoms with Gasteiger partial charge in [0.1, 0.15) is 5.82 Å². The van der Waals surface area contributed by atoms with Crippen molar-refractivity contribution in [3.63, 3.8) is 0 Å². The molecule has 1 aromatic carbocycles. The van der Waals surface area contributed by atoms with Crippen molar-refractivity contribution in [2.75, 3.05) is 13.2 Å². The second-order valence-electron chi connectivity index (χ2n) is 6.66. The maximum Gasteiger partial charge on any atom is 0.429 e. The maximum atomic E-state index is 12.6. The molecule has 0 saturated carbocycles. The molecule has 1 aliphatic carbocycles. The summed E-state index contributed by atoms with van der Waals surface area (Å²) in [4.78, 5) is 32.3. The monoisotopic (exact) mass is 398 g/mol. The van der Waals surface area contributed by atoms with Crippen LogP contribution in [0.4, 0.5) is 9.59 Å². The zero-order valence-electron chi connectivity index (χ0n) is 16.8. The van der Waals surface area contributed by atoms with Crippen LogP contribution in [0.1, 0.15) is 37.4 Å². The fourth-order valence-corrected chi connectivity index (χ4v) is 3.49. The Morgan fingerprint density at radius 3 is 2.69 bits per heavy atom. The normalized spacial score (nSPS) is 17.8. The Morgan fingerprint density at radius 2 is 2.00 bits per heavy atom. The van der Waals surface area contributed by atoms with Crippen molar-refractivity contribution in [3.05, 3.63) is 53.9 Å². The quantitative estimate of drug-likeness (QED) is 0.588. The first kappa shape index (κ1) is 20.4. The lowest BCUT2D eigenvalue weighted by atomic mass is 9.90. The number of hydrazine groups is 1. The van der Waals surface area contributed by atoms with Crippen LogP contribution in [-0.4, -0.2) is 46.4 Å². The third-order valence-corrected chi connectivity index (χ3v) is 4.70. The molecule has 154 valence electrons. The molecule has 8 heteroatoms. The van der Waals surface area contributed by atoms with Gasteiger partial charge >= 0.3 is 12.2 Å². The molecule has 29 heavy (non-hydrogen) atoms. The molecule has 0 bridgehead atoms. The molecule has 2 N–H and O–H groups in total. The van der Waals surface area contributed by atoms with Crippen molar-refractivity contribution >= 4 is 12.2 Å². The van der Waals surface area contributed by atoms with Crippen LogP contribution in [0.5, 0.6) is 0 Å². The Hall–Kier alpha value is -3.29. The molecule has 8 nitrogen and oxygen atoms in total. The minimum Gasteiger partial charge on any atom is -0.449 e. The highest BCUT2D eigenvalue weighted by atomic mass is 16.6. The van der Waals surface area contributed by atoms with Gasteiger partial charge in [0.05, 0.1) is 19.3 Å². The van der Waals surface area contributed by atoms with Crippen LogP contribution in [0, 0.1) is 6.92 Å². The summed E-state index contributed by atoms with van der Waals surface area (Å²) >= 11 is 0. The van der Waals surface area contributed by atoms with E-state index in [4.69, 9.17) is 9.47 Å². The van der Waals surface area contributed by atoms with Crippen molar-refractivity contribution in [2.45, 2.75) is 39.2 Å². The molecule has 0 fully saturated rings. The fourth-order valence-electron chi connectivity index (χ4n) is 3.49. The number of nitrogens with one attached hydrogen (secondary N) is 2. The van der Waals surface area contributed by atoms with Gasteiger partial charge in [0, 0.05) is 23.4 Å². The first-order valence-electron chi connectivity index (χ1n) is 9.72. The highest BCUT2D eigenvalue weighted by Crippen LogP contribution is 2.37. The lowest BCUT2D eigenvalue weighted by Gasteiger charge is -2.32. The summed E-state index contributed by atoms with van der Waals surface area (Å²) < 4.78 is 10.1. The van der Waals surface area contributed by atoms with Crippen molar-refractivity contribution < 1.29 is 19.1 Å². The molecule has 2 amide bonds. The van der Waals surface area contributed by atoms with Crippen molar-refractivity contribution in [3.8, 4) is 11.4 Å². The molecule has 1 heterocycles. The first-order chi connectivity index (χ1) is 14.0. The summed E-state index contributed by atoms with van der Waals surface area (Å²) in [6, 6.07) is 7.55. The van der Waals surface area contributed by atoms with Crippen LogP contribution < -0.4 is 5.43 Å². The Morgan fingerprint density at radius 1 is 1.24 bits per heavy atom. The van der Waals surface area contributed by atoms with Gasteiger partial charge in [-0.3, -0.25) is 0 Å². The van der Waals surface area contributed by atoms with E-state index in [1.807, 2.05) is 43.3 Å². The van der Waals surface area contributed by atoms with Crippen LogP contribution in [0.15, 0.2) is 42.6 Å². The molecule has 0 radical (unpaired) electrons. The first-order valence-corrected chi connectivity index (χ1v) is 9.72. The van der Waals surface area contributed by atoms with E-state index in [0.29, 0.717) is 6.42 Å². The van der Waals surface area contributed by atoms with Crippen LogP contribution in [0.2, 0.25) is 0 Å². The average Bonchev–Trinajstić information content (AvgIpc) is 3.35. The standard InChI is InChI=1S/C21H26N4O4/c1-4-28-20(26)24-25(21(27)29-5-2)18-12-8-11-16(18)15-9-6-7-10-17(15)19-22-13-14(3)23-19/h6-11,13,16,18H,4-5,12H2,1-3H3,(H,22,23)(H,24,26). The van der Waals surface area contributed by atoms with Gasteiger partial charge in [0.15, 0.2) is 0 Å². The molecule has 1 aliphatic rings. The van der Waals surface area contributed by atoms with E-state index in [1.54, 1.807) is 20.0 Å². The van der Waals surface area contributed by atoms with Gasteiger partial charge in [-0.2, -0.15) is 0 Å². The summed E-state index contributed by atoms with van der Waals surface area (Å²) in [5.41, 5.74) is 5.45. The number of ether oxygens (including phenoxy) is 2. The van der Waals surface area contributed by atoms with Gasteiger partial charge in [0.2, 0.25) is 0 Å². The zero-order chi connectivity index (χ0) is 20.8. The van der Waals surface area contributed by atoms with Crippen molar-refractivity contribution in [1.82, 2.24) is 20.4 Å². The summed E-state index contributed by atoms with van der Waals surface area (Å²) in [5.74, 6) is 0.612. The molecular weight excluding hydrogens is 372 g/mol. The van der Waals surface area contributed by atoms with E-state index in [-0.39, 0.29) is 25.2 Å². The number of aryl methyl sites for hydroxylation is 1. The number of aromatic amines is 1. The summed E-state index contributed by atoms with van der Waals surface area (Å²) in [6.45, 7) is 5.78. The molecule has 0 saturated heterocycles. The Kier molecular flexibility index (Phi) is 6.54. The molecule has 0 spiro atoms. The minimum absolute atomic E-state index is 0.150. The predicted octanol–water partition coefficient (Wildman–Crippen LogP) is 3.92. The van der Waals surface area contributed by atoms with Crippen LogP contribution in [0.3, 0.4) is 0 Å². The smallest absolute Gasteiger partial charge is 0.429 e. The number of carbonyl (C=O) groups excluding carboxylic acids is 2. The third-order valence-electron chi connectivity index (χ3n) is 4.70. The highest BCUT2D eigenvalue weighted by Gasteiger charge is 2.36. The van der Waals surface area contributed by atoms with E-state index in [2.05, 4.69) is 15.4 Å². The van der Waals surface area contributed by atoms with E-state index >= 15 is 0 Å². The molecule has 0 aliphatic heterocycles. The molecule has 3 rings (SSSR count). The van der Waals surface area contributed by atoms with Crippen molar-refractivity contribution in [1.29, 1.82) is 0 Å². The van der Waals surface area contributed by atoms with Crippen molar-refractivity contribution in [2.24, 2.45) is 0 Å². The maximum absolute atomic E-state index is 12.6. The number of nitrogens with zero attached hydrogens (tertiary/aromatic N) is 2. The van der Waals surface area contributed by atoms with Gasteiger partial charge in [-0.05, 0) is 32.8 Å². The lowest BCUT2D eigenvalue weighted by Crippen LogP contribution is -2.53. The second kappa shape index (κ2) is 9.27. The second-order valence-corrected chi connectivity index (χ2v) is 6.66. The molecular formula is C21H26N4O4. The summed E-state index contributed by atoms with van der Waals surface area (Å²) in [6.07, 6.45) is 5.08. The van der Waals surface area contributed by atoms with Crippen LogP contribution in [0.25, 0.3) is 11.4 Å². The van der Waals surface area contributed by atoms with Gasteiger partial charge in [-0.15, -0.1) is 0 Å². The number of rotatable bonds is 5. The molecule has 2 atom stereocenters. The Bertz CT molecular complexity index is 892.